The molecule has 0 amide bonds. The third kappa shape index (κ3) is 6.96. The molecule has 0 N–H and O–H groups in total. The fraction of sp³-hybridized carbons (Fsp3) is 0. The Morgan fingerprint density at radius 3 is 0.805 bits per heavy atom. The zero-order chi connectivity index (χ0) is 27.8. The molecule has 0 unspecified atom stereocenters. The van der Waals surface area contributed by atoms with Crippen LogP contribution in [0.4, 0.5) is 0 Å². The van der Waals surface area contributed by atoms with Crippen molar-refractivity contribution < 1.29 is 42.1 Å². The van der Waals surface area contributed by atoms with Crippen molar-refractivity contribution >= 4 is 68.3 Å². The average Bonchev–Trinajstić information content (AvgIpc) is 3.77. The Hall–Kier alpha value is -4.14. The summed E-state index contributed by atoms with van der Waals surface area (Å²) >= 11 is 3.25. The second kappa shape index (κ2) is 15.6. The van der Waals surface area contributed by atoms with Gasteiger partial charge in [0.25, 0.3) is 0 Å². The fourth-order valence-corrected chi connectivity index (χ4v) is 4.96. The van der Waals surface area contributed by atoms with Crippen LogP contribution in [0.3, 0.4) is 0 Å². The molecule has 3 heterocycles. The number of hydrogen-bond acceptors (Lipinski definition) is 9. The fourth-order valence-electron chi connectivity index (χ4n) is 3.24. The Bertz CT molecular complexity index is 1730. The van der Waals surface area contributed by atoms with E-state index in [0.717, 1.165) is 35.2 Å². The second-order valence-corrected chi connectivity index (χ2v) is 8.74. The number of terminal acetylenes is 2. The van der Waals surface area contributed by atoms with Gasteiger partial charge in [-0.05, 0) is 0 Å². The van der Waals surface area contributed by atoms with Gasteiger partial charge < -0.3 is 25.7 Å². The molecule has 0 aliphatic carbocycles. The summed E-state index contributed by atoms with van der Waals surface area (Å²) in [6.45, 7) is 0. The van der Waals surface area contributed by atoms with Crippen LogP contribution in [-0.4, -0.2) is 26.2 Å². The molecule has 0 spiro atoms. The van der Waals surface area contributed by atoms with Crippen molar-refractivity contribution in [2.45, 2.75) is 0 Å². The number of fused-ring (bicyclic) bond motifs is 3. The maximum Gasteiger partial charge on any atom is 2.00 e. The van der Waals surface area contributed by atoms with Gasteiger partial charge in [0.1, 0.15) is 11.0 Å². The maximum absolute atomic E-state index is 7.03. The predicted octanol–water partition coefficient (Wildman–Crippen LogP) is 4.78. The first-order chi connectivity index (χ1) is 19.1. The Morgan fingerprint density at radius 2 is 0.610 bits per heavy atom. The molecular weight excluding hydrogens is 931 g/mol. The van der Waals surface area contributed by atoms with Crippen LogP contribution < -0.4 is 0 Å². The molecule has 0 radical (unpaired) electrons. The zero-order valence-corrected chi connectivity index (χ0v) is 27.2. The van der Waals surface area contributed by atoms with Gasteiger partial charge in [-0.2, -0.15) is 26.2 Å². The van der Waals surface area contributed by atoms with Gasteiger partial charge >= 0.3 is 42.1 Å². The normalized spacial score (nSPS) is 8.93. The van der Waals surface area contributed by atoms with E-state index in [1.165, 1.54) is 0 Å². The molecule has 6 nitrogen and oxygen atoms in total. The van der Waals surface area contributed by atoms with Crippen molar-refractivity contribution in [1.29, 1.82) is 0 Å². The molecule has 0 fully saturated rings. The second-order valence-electron chi connectivity index (χ2n) is 7.16. The minimum Gasteiger partial charge on any atom is -0.366 e. The van der Waals surface area contributed by atoms with Gasteiger partial charge in [0.2, 0.25) is 0 Å². The Labute approximate surface area is 278 Å². The smallest absolute Gasteiger partial charge is 0.366 e. The minimum atomic E-state index is 0. The van der Waals surface area contributed by atoms with Gasteiger partial charge in [0, 0.05) is 22.1 Å². The van der Waals surface area contributed by atoms with Crippen molar-refractivity contribution in [2.75, 3.05) is 0 Å². The van der Waals surface area contributed by atoms with Crippen LogP contribution in [0.5, 0.6) is 0 Å². The molecule has 3 aromatic carbocycles. The number of rotatable bonds is 0. The molecule has 41 heavy (non-hydrogen) atoms. The summed E-state index contributed by atoms with van der Waals surface area (Å²) in [4.78, 5) is 0. The molecule has 3 aromatic heterocycles. The summed E-state index contributed by atoms with van der Waals surface area (Å²) < 4.78 is 24.3. The van der Waals surface area contributed by atoms with E-state index >= 15 is 0 Å². The summed E-state index contributed by atoms with van der Waals surface area (Å²) in [6.07, 6.45) is 38.7. The minimum absolute atomic E-state index is 0. The molecule has 6 aromatic rings. The van der Waals surface area contributed by atoms with Gasteiger partial charge in [-0.3, -0.25) is 23.7 Å². The Kier molecular flexibility index (Phi) is 12.6. The molecule has 0 aliphatic heterocycles. The van der Waals surface area contributed by atoms with E-state index in [-0.39, 0.29) is 42.1 Å². The number of aromatic nitrogens is 6. The zero-order valence-electron chi connectivity index (χ0n) is 20.2. The summed E-state index contributed by atoms with van der Waals surface area (Å²) in [5.41, 5.74) is 7.82. The van der Waals surface area contributed by atoms with Crippen LogP contribution in [0.2, 0.25) is 0 Å². The van der Waals surface area contributed by atoms with Crippen LogP contribution in [0.15, 0.2) is 36.4 Å². The molecule has 0 aliphatic rings. The largest absolute Gasteiger partial charge is 2.00 e. The van der Waals surface area contributed by atoms with E-state index < -0.39 is 0 Å². The summed E-state index contributed by atoms with van der Waals surface area (Å²) in [5, 5.41) is 0. The molecule has 11 heteroatoms. The molecule has 0 atom stereocenters. The van der Waals surface area contributed by atoms with Crippen molar-refractivity contribution in [3.8, 4) is 48.4 Å². The average molecular weight is 939 g/mol. The van der Waals surface area contributed by atoms with Crippen LogP contribution in [0.25, 0.3) is 33.1 Å². The predicted molar refractivity (Wildman–Crippen MR) is 153 cm³/mol. The molecule has 0 saturated heterocycles. The topological polar surface area (TPSA) is 77.3 Å². The van der Waals surface area contributed by atoms with Crippen molar-refractivity contribution in [1.82, 2.24) is 26.2 Å². The number of nitrogens with zero attached hydrogens (tertiary/aromatic N) is 6. The van der Waals surface area contributed by atoms with E-state index in [1.54, 1.807) is 36.4 Å². The van der Waals surface area contributed by atoms with Crippen molar-refractivity contribution in [2.24, 2.45) is 0 Å². The van der Waals surface area contributed by atoms with Gasteiger partial charge in [0.05, 0.1) is 46.3 Å². The molecule has 0 bridgehead atoms. The Balaban J connectivity index is 0.000000210. The number of hydrogen-bond donors (Lipinski definition) is 0. The van der Waals surface area contributed by atoms with Crippen LogP contribution in [0, 0.1) is 74.1 Å². The van der Waals surface area contributed by atoms with E-state index in [1.807, 2.05) is 0 Å². The van der Waals surface area contributed by atoms with Crippen LogP contribution >= 0.6 is 35.2 Å². The van der Waals surface area contributed by atoms with Gasteiger partial charge in [-0.1, -0.05) is 24.0 Å². The quantitative estimate of drug-likeness (QED) is 0.161. The summed E-state index contributed by atoms with van der Waals surface area (Å²) in [5.74, 6) is 14.2. The van der Waals surface area contributed by atoms with E-state index in [9.17, 15) is 0 Å². The molecule has 196 valence electrons. The Morgan fingerprint density at radius 1 is 0.415 bits per heavy atom. The first-order valence-corrected chi connectivity index (χ1v) is 12.7. The molecular formula is C30H8N6Pt2S3. The van der Waals surface area contributed by atoms with Gasteiger partial charge in [-0.25, -0.2) is 0 Å². The third-order valence-corrected chi connectivity index (χ3v) is 6.68. The number of benzene rings is 3. The van der Waals surface area contributed by atoms with Gasteiger partial charge in [-0.15, -0.1) is 59.4 Å². The van der Waals surface area contributed by atoms with E-state index in [2.05, 4.69) is 61.8 Å². The van der Waals surface area contributed by atoms with Gasteiger partial charge in [0.15, 0.2) is 0 Å². The molecule has 6 rings (SSSR count). The summed E-state index contributed by atoms with van der Waals surface area (Å²) in [6, 6.07) is 10.3. The summed E-state index contributed by atoms with van der Waals surface area (Å²) in [7, 11) is 0. The monoisotopic (exact) mass is 938 g/mol. The van der Waals surface area contributed by atoms with E-state index in [4.69, 9.17) is 38.5 Å². The molecule has 0 saturated carbocycles. The van der Waals surface area contributed by atoms with Crippen LogP contribution in [0.1, 0.15) is 33.4 Å². The SMILES string of the molecule is [C-]#Cc1ccc(C#C)c2nsnc12.[C-]#Cc1ccc(C#C)c2nsnc12.[C-]#Cc1ccc(C#[C-])c2nsnc12.[Pt+2].[Pt+2]. The van der Waals surface area contributed by atoms with E-state index in [0.29, 0.717) is 66.5 Å². The van der Waals surface area contributed by atoms with Crippen LogP contribution in [-0.2, 0) is 42.1 Å². The maximum atomic E-state index is 7.03. The third-order valence-electron chi connectivity index (χ3n) is 5.10. The first kappa shape index (κ1) is 33.1. The first-order valence-electron chi connectivity index (χ1n) is 10.5. The van der Waals surface area contributed by atoms with Crippen molar-refractivity contribution in [3.05, 3.63) is 95.5 Å². The standard InChI is InChI=1S/2C10H3N2S.C10H2N2S.2Pt/c3*1-3-7-5-6-8(4-2)10-9(7)11-13-12-10;;/h2*1,5-6H;5-6H;;/q2*-1;-2;2*+2. The van der Waals surface area contributed by atoms with Crippen molar-refractivity contribution in [3.63, 3.8) is 0 Å².